The molecule has 0 spiro atoms. The maximum atomic E-state index is 12.4. The number of halogens is 3. The van der Waals surface area contributed by atoms with Crippen LogP contribution in [0.2, 0.25) is 0 Å². The maximum absolute atomic E-state index is 12.4. The van der Waals surface area contributed by atoms with E-state index >= 15 is 0 Å². The molecule has 8 heteroatoms. The van der Waals surface area contributed by atoms with Crippen molar-refractivity contribution in [2.45, 2.75) is 49.6 Å². The van der Waals surface area contributed by atoms with Crippen LogP contribution in [0, 0.1) is 0 Å². The molecule has 0 N–H and O–H groups in total. The first-order chi connectivity index (χ1) is 9.46. The zero-order valence-electron chi connectivity index (χ0n) is 11.4. The second kappa shape index (κ2) is 6.80. The van der Waals surface area contributed by atoms with Crippen LogP contribution in [-0.4, -0.2) is 51.2 Å². The Balaban J connectivity index is 1.81. The fourth-order valence-corrected chi connectivity index (χ4v) is 3.41. The molecule has 0 radical (unpaired) electrons. The summed E-state index contributed by atoms with van der Waals surface area (Å²) in [6.45, 7) is 0.0885. The summed E-state index contributed by atoms with van der Waals surface area (Å²) >= 11 is 1.35. The highest BCUT2D eigenvalue weighted by molar-refractivity contribution is 7.99. The Labute approximate surface area is 120 Å². The largest absolute Gasteiger partial charge is 0.406 e. The van der Waals surface area contributed by atoms with Crippen molar-refractivity contribution in [2.24, 2.45) is 0 Å². The molecule has 1 aromatic heterocycles. The van der Waals surface area contributed by atoms with Crippen LogP contribution in [0.1, 0.15) is 25.7 Å². The van der Waals surface area contributed by atoms with E-state index in [9.17, 15) is 13.2 Å². The van der Waals surface area contributed by atoms with Gasteiger partial charge in [0.15, 0.2) is 5.16 Å². The van der Waals surface area contributed by atoms with Gasteiger partial charge in [-0.15, -0.1) is 10.2 Å². The molecule has 0 saturated carbocycles. The van der Waals surface area contributed by atoms with Crippen molar-refractivity contribution in [1.29, 1.82) is 0 Å². The normalized spacial score (nSPS) is 21.3. The standard InChI is InChI=1S/C12H19F3N4S/c1-18-6-3-2-4-10(18)5-7-20-11-17-16-9-19(11)8-12(13,14)15/h9-10H,2-8H2,1H3. The summed E-state index contributed by atoms with van der Waals surface area (Å²) in [6, 6.07) is 0.537. The van der Waals surface area contributed by atoms with Gasteiger partial charge in [-0.25, -0.2) is 0 Å². The molecule has 4 nitrogen and oxygen atoms in total. The highest BCUT2D eigenvalue weighted by Gasteiger charge is 2.29. The van der Waals surface area contributed by atoms with E-state index in [1.807, 2.05) is 0 Å². The second-order valence-corrected chi connectivity index (χ2v) is 6.19. The molecule has 1 fully saturated rings. The van der Waals surface area contributed by atoms with Crippen LogP contribution in [0.5, 0.6) is 0 Å². The first-order valence-corrected chi connectivity index (χ1v) is 7.72. The lowest BCUT2D eigenvalue weighted by molar-refractivity contribution is -0.142. The third-order valence-corrected chi connectivity index (χ3v) is 4.55. The number of nitrogens with zero attached hydrogens (tertiary/aromatic N) is 4. The average Bonchev–Trinajstić information content (AvgIpc) is 2.77. The molecule has 0 aliphatic carbocycles. The van der Waals surface area contributed by atoms with Gasteiger partial charge in [0.25, 0.3) is 0 Å². The lowest BCUT2D eigenvalue weighted by Gasteiger charge is -2.32. The van der Waals surface area contributed by atoms with Crippen LogP contribution in [0.15, 0.2) is 11.5 Å². The summed E-state index contributed by atoms with van der Waals surface area (Å²) in [5, 5.41) is 7.68. The third-order valence-electron chi connectivity index (χ3n) is 3.53. The monoisotopic (exact) mass is 308 g/mol. The van der Waals surface area contributed by atoms with E-state index in [0.29, 0.717) is 11.2 Å². The highest BCUT2D eigenvalue weighted by Crippen LogP contribution is 2.25. The molecule has 114 valence electrons. The van der Waals surface area contributed by atoms with Gasteiger partial charge in [0.2, 0.25) is 0 Å². The Morgan fingerprint density at radius 2 is 2.20 bits per heavy atom. The van der Waals surface area contributed by atoms with Crippen LogP contribution in [0.25, 0.3) is 0 Å². The zero-order valence-corrected chi connectivity index (χ0v) is 12.3. The molecule has 0 bridgehead atoms. The van der Waals surface area contributed by atoms with Crippen LogP contribution < -0.4 is 0 Å². The number of alkyl halides is 3. The first kappa shape index (κ1) is 15.6. The van der Waals surface area contributed by atoms with Crippen LogP contribution in [0.4, 0.5) is 13.2 Å². The lowest BCUT2D eigenvalue weighted by Crippen LogP contribution is -2.36. The smallest absolute Gasteiger partial charge is 0.303 e. The Kier molecular flexibility index (Phi) is 5.31. The molecule has 0 aromatic carbocycles. The Hall–Kier alpha value is -0.760. The quantitative estimate of drug-likeness (QED) is 0.783. The summed E-state index contributed by atoms with van der Waals surface area (Å²) in [6.07, 6.45) is 1.53. The number of piperidine rings is 1. The first-order valence-electron chi connectivity index (χ1n) is 6.73. The van der Waals surface area contributed by atoms with Crippen molar-refractivity contribution in [3.05, 3.63) is 6.33 Å². The summed E-state index contributed by atoms with van der Waals surface area (Å²) in [5.41, 5.74) is 0. The van der Waals surface area contributed by atoms with Gasteiger partial charge in [-0.1, -0.05) is 18.2 Å². The average molecular weight is 308 g/mol. The van der Waals surface area contributed by atoms with Crippen molar-refractivity contribution in [2.75, 3.05) is 19.3 Å². The van der Waals surface area contributed by atoms with Crippen molar-refractivity contribution in [3.8, 4) is 0 Å². The third kappa shape index (κ3) is 4.66. The molecule has 1 aliphatic heterocycles. The fraction of sp³-hybridized carbons (Fsp3) is 0.833. The van der Waals surface area contributed by atoms with Gasteiger partial charge in [-0.2, -0.15) is 13.2 Å². The minimum absolute atomic E-state index is 0.348. The lowest BCUT2D eigenvalue weighted by atomic mass is 10.0. The number of hydrogen-bond acceptors (Lipinski definition) is 4. The van der Waals surface area contributed by atoms with E-state index in [2.05, 4.69) is 22.1 Å². The van der Waals surface area contributed by atoms with Gasteiger partial charge < -0.3 is 4.90 Å². The number of thioether (sulfide) groups is 1. The van der Waals surface area contributed by atoms with E-state index in [1.165, 1.54) is 31.0 Å². The molecule has 1 aromatic rings. The molecule has 1 unspecified atom stereocenters. The number of likely N-dealkylation sites (tertiary alicyclic amines) is 1. The SMILES string of the molecule is CN1CCCCC1CCSc1nncn1CC(F)(F)F. The molecule has 2 rings (SSSR count). The molecule has 1 saturated heterocycles. The predicted molar refractivity (Wildman–Crippen MR) is 71.7 cm³/mol. The molecule has 20 heavy (non-hydrogen) atoms. The van der Waals surface area contributed by atoms with Crippen molar-refractivity contribution in [3.63, 3.8) is 0 Å². The maximum Gasteiger partial charge on any atom is 0.406 e. The van der Waals surface area contributed by atoms with Crippen molar-refractivity contribution < 1.29 is 13.2 Å². The Morgan fingerprint density at radius 1 is 1.40 bits per heavy atom. The van der Waals surface area contributed by atoms with E-state index in [1.54, 1.807) is 0 Å². The van der Waals surface area contributed by atoms with Crippen molar-refractivity contribution in [1.82, 2.24) is 19.7 Å². The number of aromatic nitrogens is 3. The van der Waals surface area contributed by atoms with E-state index < -0.39 is 12.7 Å². The van der Waals surface area contributed by atoms with Gasteiger partial charge in [0, 0.05) is 11.8 Å². The fourth-order valence-electron chi connectivity index (χ4n) is 2.45. The van der Waals surface area contributed by atoms with Crippen molar-refractivity contribution >= 4 is 11.8 Å². The van der Waals surface area contributed by atoms with Crippen LogP contribution >= 0.6 is 11.8 Å². The van der Waals surface area contributed by atoms with Crippen LogP contribution in [0.3, 0.4) is 0 Å². The second-order valence-electron chi connectivity index (χ2n) is 5.12. The Bertz CT molecular complexity index is 421. The minimum Gasteiger partial charge on any atom is -0.303 e. The minimum atomic E-state index is -4.23. The topological polar surface area (TPSA) is 34.0 Å². The predicted octanol–water partition coefficient (Wildman–Crippen LogP) is 2.81. The zero-order chi connectivity index (χ0) is 14.6. The van der Waals surface area contributed by atoms with Gasteiger partial charge in [0.1, 0.15) is 12.9 Å². The summed E-state index contributed by atoms with van der Waals surface area (Å²) in [5.74, 6) is 0.769. The number of hydrogen-bond donors (Lipinski definition) is 0. The van der Waals surface area contributed by atoms with Crippen LogP contribution in [-0.2, 0) is 6.54 Å². The van der Waals surface area contributed by atoms with Gasteiger partial charge in [-0.3, -0.25) is 4.57 Å². The van der Waals surface area contributed by atoms with E-state index in [-0.39, 0.29) is 0 Å². The molecule has 0 amide bonds. The summed E-state index contributed by atoms with van der Waals surface area (Å²) in [7, 11) is 2.11. The summed E-state index contributed by atoms with van der Waals surface area (Å²) in [4.78, 5) is 2.34. The molecular weight excluding hydrogens is 289 g/mol. The summed E-state index contributed by atoms with van der Waals surface area (Å²) < 4.78 is 38.2. The molecule has 1 atom stereocenters. The van der Waals surface area contributed by atoms with Gasteiger partial charge in [0.05, 0.1) is 0 Å². The van der Waals surface area contributed by atoms with Gasteiger partial charge >= 0.3 is 6.18 Å². The van der Waals surface area contributed by atoms with Gasteiger partial charge in [-0.05, 0) is 32.9 Å². The molecular formula is C12H19F3N4S. The Morgan fingerprint density at radius 3 is 2.90 bits per heavy atom. The number of rotatable bonds is 5. The van der Waals surface area contributed by atoms with E-state index in [0.717, 1.165) is 29.6 Å². The highest BCUT2D eigenvalue weighted by atomic mass is 32.2. The molecule has 2 heterocycles. The molecule has 1 aliphatic rings. The van der Waals surface area contributed by atoms with E-state index in [4.69, 9.17) is 0 Å².